The highest BCUT2D eigenvalue weighted by Gasteiger charge is 2.33. The van der Waals surface area contributed by atoms with Crippen LogP contribution in [0.5, 0.6) is 5.75 Å². The summed E-state index contributed by atoms with van der Waals surface area (Å²) in [5, 5.41) is 9.03. The SMILES string of the molecule is O=C(O)[C@@H]1CCCN1C(=O)CCCOc1ccc(F)cc1. The number of likely N-dealkylation sites (tertiary alicyclic amines) is 1. The van der Waals surface area contributed by atoms with Crippen LogP contribution in [0, 0.1) is 5.82 Å². The number of carbonyl (C=O) groups is 2. The van der Waals surface area contributed by atoms with E-state index in [1.165, 1.54) is 29.2 Å². The normalized spacial score (nSPS) is 17.8. The molecule has 1 aromatic carbocycles. The van der Waals surface area contributed by atoms with Crippen molar-refractivity contribution in [3.05, 3.63) is 30.1 Å². The predicted molar refractivity (Wildman–Crippen MR) is 73.5 cm³/mol. The fourth-order valence-electron chi connectivity index (χ4n) is 2.41. The van der Waals surface area contributed by atoms with Crippen LogP contribution in [0.4, 0.5) is 4.39 Å². The van der Waals surface area contributed by atoms with Crippen LogP contribution >= 0.6 is 0 Å². The maximum absolute atomic E-state index is 12.7. The lowest BCUT2D eigenvalue weighted by molar-refractivity contribution is -0.148. The minimum atomic E-state index is -0.941. The number of hydrogen-bond donors (Lipinski definition) is 1. The highest BCUT2D eigenvalue weighted by Crippen LogP contribution is 2.19. The molecule has 1 aliphatic heterocycles. The second-order valence-corrected chi connectivity index (χ2v) is 4.99. The van der Waals surface area contributed by atoms with Crippen molar-refractivity contribution >= 4 is 11.9 Å². The summed E-state index contributed by atoms with van der Waals surface area (Å²) >= 11 is 0. The van der Waals surface area contributed by atoms with Crippen LogP contribution in [0.15, 0.2) is 24.3 Å². The molecule has 0 aliphatic carbocycles. The molecule has 5 nitrogen and oxygen atoms in total. The molecule has 1 aromatic rings. The molecule has 114 valence electrons. The number of nitrogens with zero attached hydrogens (tertiary/aromatic N) is 1. The van der Waals surface area contributed by atoms with Gasteiger partial charge < -0.3 is 14.7 Å². The average Bonchev–Trinajstić information content (AvgIpc) is 2.95. The molecule has 0 saturated carbocycles. The highest BCUT2D eigenvalue weighted by molar-refractivity contribution is 5.84. The van der Waals surface area contributed by atoms with E-state index in [9.17, 15) is 14.0 Å². The van der Waals surface area contributed by atoms with Gasteiger partial charge in [-0.1, -0.05) is 0 Å². The van der Waals surface area contributed by atoms with Crippen molar-refractivity contribution in [2.24, 2.45) is 0 Å². The molecule has 0 unspecified atom stereocenters. The Bertz CT molecular complexity index is 503. The van der Waals surface area contributed by atoms with Crippen molar-refractivity contribution in [3.8, 4) is 5.75 Å². The van der Waals surface area contributed by atoms with E-state index in [-0.39, 0.29) is 18.1 Å². The zero-order chi connectivity index (χ0) is 15.2. The number of ether oxygens (including phenoxy) is 1. The van der Waals surface area contributed by atoms with Gasteiger partial charge in [0.25, 0.3) is 0 Å². The van der Waals surface area contributed by atoms with Gasteiger partial charge in [-0.3, -0.25) is 4.79 Å². The second kappa shape index (κ2) is 7.06. The number of aliphatic carboxylic acids is 1. The smallest absolute Gasteiger partial charge is 0.326 e. The summed E-state index contributed by atoms with van der Waals surface area (Å²) in [6.07, 6.45) is 2.01. The number of amides is 1. The van der Waals surface area contributed by atoms with E-state index in [1.54, 1.807) is 0 Å². The summed E-state index contributed by atoms with van der Waals surface area (Å²) in [7, 11) is 0. The van der Waals surface area contributed by atoms with E-state index >= 15 is 0 Å². The van der Waals surface area contributed by atoms with Crippen molar-refractivity contribution in [1.82, 2.24) is 4.90 Å². The first kappa shape index (κ1) is 15.3. The Morgan fingerprint density at radius 2 is 2.05 bits per heavy atom. The van der Waals surface area contributed by atoms with Crippen molar-refractivity contribution < 1.29 is 23.8 Å². The molecule has 1 fully saturated rings. The van der Waals surface area contributed by atoms with E-state index in [0.717, 1.165) is 6.42 Å². The van der Waals surface area contributed by atoms with Crippen LogP contribution < -0.4 is 4.74 Å². The Kier molecular flexibility index (Phi) is 5.14. The van der Waals surface area contributed by atoms with Gasteiger partial charge in [0.15, 0.2) is 0 Å². The molecule has 1 aliphatic rings. The largest absolute Gasteiger partial charge is 0.494 e. The molecule has 1 heterocycles. The summed E-state index contributed by atoms with van der Waals surface area (Å²) in [6.45, 7) is 0.845. The van der Waals surface area contributed by atoms with E-state index < -0.39 is 12.0 Å². The monoisotopic (exact) mass is 295 g/mol. The van der Waals surface area contributed by atoms with Gasteiger partial charge in [-0.05, 0) is 43.5 Å². The summed E-state index contributed by atoms with van der Waals surface area (Å²) in [4.78, 5) is 24.4. The first-order chi connectivity index (χ1) is 10.1. The molecule has 1 N–H and O–H groups in total. The first-order valence-corrected chi connectivity index (χ1v) is 6.98. The number of carbonyl (C=O) groups excluding carboxylic acids is 1. The topological polar surface area (TPSA) is 66.8 Å². The molecule has 21 heavy (non-hydrogen) atoms. The standard InChI is InChI=1S/C15H18FNO4/c16-11-5-7-12(8-6-11)21-10-2-4-14(18)17-9-1-3-13(17)15(19)20/h5-8,13H,1-4,9-10H2,(H,19,20)/t13-/m0/s1. The lowest BCUT2D eigenvalue weighted by atomic mass is 10.2. The van der Waals surface area contributed by atoms with E-state index in [0.29, 0.717) is 31.7 Å². The number of halogens is 1. The van der Waals surface area contributed by atoms with Gasteiger partial charge in [-0.25, -0.2) is 9.18 Å². The van der Waals surface area contributed by atoms with Crippen LogP contribution in [0.25, 0.3) is 0 Å². The van der Waals surface area contributed by atoms with Crippen LogP contribution in [0.2, 0.25) is 0 Å². The lowest BCUT2D eigenvalue weighted by Crippen LogP contribution is -2.40. The van der Waals surface area contributed by atoms with E-state index in [4.69, 9.17) is 9.84 Å². The summed E-state index contributed by atoms with van der Waals surface area (Å²) in [6, 6.07) is 4.98. The third-order valence-electron chi connectivity index (χ3n) is 3.48. The van der Waals surface area contributed by atoms with Gasteiger partial charge in [-0.2, -0.15) is 0 Å². The maximum Gasteiger partial charge on any atom is 0.326 e. The number of hydrogen-bond acceptors (Lipinski definition) is 3. The van der Waals surface area contributed by atoms with Crippen LogP contribution in [-0.4, -0.2) is 41.1 Å². The molecular formula is C15H18FNO4. The van der Waals surface area contributed by atoms with Crippen molar-refractivity contribution in [1.29, 1.82) is 0 Å². The van der Waals surface area contributed by atoms with Gasteiger partial charge in [0.1, 0.15) is 17.6 Å². The van der Waals surface area contributed by atoms with Crippen molar-refractivity contribution in [2.45, 2.75) is 31.7 Å². The Labute approximate surface area is 122 Å². The average molecular weight is 295 g/mol. The molecular weight excluding hydrogens is 277 g/mol. The second-order valence-electron chi connectivity index (χ2n) is 4.99. The maximum atomic E-state index is 12.7. The zero-order valence-corrected chi connectivity index (χ0v) is 11.6. The molecule has 0 radical (unpaired) electrons. The Morgan fingerprint density at radius 3 is 2.71 bits per heavy atom. The number of rotatable bonds is 6. The number of carboxylic acids is 1. The van der Waals surface area contributed by atoms with Gasteiger partial charge in [-0.15, -0.1) is 0 Å². The molecule has 1 saturated heterocycles. The van der Waals surface area contributed by atoms with Crippen LogP contribution in [0.1, 0.15) is 25.7 Å². The molecule has 0 spiro atoms. The molecule has 0 bridgehead atoms. The van der Waals surface area contributed by atoms with Gasteiger partial charge in [0, 0.05) is 13.0 Å². The van der Waals surface area contributed by atoms with Crippen molar-refractivity contribution in [2.75, 3.05) is 13.2 Å². The zero-order valence-electron chi connectivity index (χ0n) is 11.6. The minimum absolute atomic E-state index is 0.150. The van der Waals surface area contributed by atoms with Crippen LogP contribution in [-0.2, 0) is 9.59 Å². The molecule has 2 rings (SSSR count). The van der Waals surface area contributed by atoms with Gasteiger partial charge >= 0.3 is 5.97 Å². The molecule has 1 atom stereocenters. The van der Waals surface area contributed by atoms with Gasteiger partial charge in [0.05, 0.1) is 6.61 Å². The Hall–Kier alpha value is -2.11. The fraction of sp³-hybridized carbons (Fsp3) is 0.467. The third-order valence-corrected chi connectivity index (χ3v) is 3.48. The van der Waals surface area contributed by atoms with E-state index in [2.05, 4.69) is 0 Å². The summed E-state index contributed by atoms with van der Waals surface area (Å²) < 4.78 is 18.1. The predicted octanol–water partition coefficient (Wildman–Crippen LogP) is 2.06. The fourth-order valence-corrected chi connectivity index (χ4v) is 2.41. The summed E-state index contributed by atoms with van der Waals surface area (Å²) in [5.41, 5.74) is 0. The highest BCUT2D eigenvalue weighted by atomic mass is 19.1. The van der Waals surface area contributed by atoms with Crippen molar-refractivity contribution in [3.63, 3.8) is 0 Å². The Morgan fingerprint density at radius 1 is 1.33 bits per heavy atom. The quantitative estimate of drug-likeness (QED) is 0.816. The lowest BCUT2D eigenvalue weighted by Gasteiger charge is -2.21. The van der Waals surface area contributed by atoms with E-state index in [1.807, 2.05) is 0 Å². The third kappa shape index (κ3) is 4.18. The number of carboxylic acid groups (broad SMARTS) is 1. The number of benzene rings is 1. The molecule has 1 amide bonds. The summed E-state index contributed by atoms with van der Waals surface area (Å²) in [5.74, 6) is -0.870. The minimum Gasteiger partial charge on any atom is -0.494 e. The van der Waals surface area contributed by atoms with Crippen LogP contribution in [0.3, 0.4) is 0 Å². The molecule has 0 aromatic heterocycles. The molecule has 6 heteroatoms. The first-order valence-electron chi connectivity index (χ1n) is 6.98. The van der Waals surface area contributed by atoms with Gasteiger partial charge in [0.2, 0.25) is 5.91 Å². The Balaban J connectivity index is 1.72.